The summed E-state index contributed by atoms with van der Waals surface area (Å²) in [4.78, 5) is 0. The standard InChI is InChI=1S/C22H28O5/c1-25-21-8-7-15(12-22(21)26-2)9-17-5-3-4-6-20(17)27-19-11-16(14-23)10-18(24)13-19/h3-8,12,16,18-19,23-24H,9-11,13-14H2,1-2H3/t16-,18+,19-/m1/s1. The second-order valence-electron chi connectivity index (χ2n) is 7.12. The van der Waals surface area contributed by atoms with Gasteiger partial charge in [0.25, 0.3) is 0 Å². The smallest absolute Gasteiger partial charge is 0.160 e. The first-order chi connectivity index (χ1) is 13.1. The number of methoxy groups -OCH3 is 2. The summed E-state index contributed by atoms with van der Waals surface area (Å²) in [7, 11) is 3.25. The number of benzene rings is 2. The quantitative estimate of drug-likeness (QED) is 0.781. The molecule has 1 aliphatic carbocycles. The van der Waals surface area contributed by atoms with E-state index in [4.69, 9.17) is 14.2 Å². The largest absolute Gasteiger partial charge is 0.493 e. The van der Waals surface area contributed by atoms with Gasteiger partial charge in [-0.3, -0.25) is 0 Å². The molecule has 1 fully saturated rings. The molecule has 0 bridgehead atoms. The van der Waals surface area contributed by atoms with E-state index in [2.05, 4.69) is 6.07 Å². The van der Waals surface area contributed by atoms with E-state index in [0.29, 0.717) is 30.8 Å². The van der Waals surface area contributed by atoms with Crippen LogP contribution < -0.4 is 14.2 Å². The fourth-order valence-corrected chi connectivity index (χ4v) is 3.75. The maximum atomic E-state index is 10.1. The Balaban J connectivity index is 1.76. The van der Waals surface area contributed by atoms with E-state index < -0.39 is 6.10 Å². The molecule has 5 heteroatoms. The van der Waals surface area contributed by atoms with Crippen LogP contribution in [0, 0.1) is 5.92 Å². The minimum atomic E-state index is -0.418. The minimum Gasteiger partial charge on any atom is -0.493 e. The highest BCUT2D eigenvalue weighted by Gasteiger charge is 2.29. The number of rotatable bonds is 7. The Bertz CT molecular complexity index is 745. The number of ether oxygens (including phenoxy) is 3. The summed E-state index contributed by atoms with van der Waals surface area (Å²) < 4.78 is 16.9. The van der Waals surface area contributed by atoms with Crippen molar-refractivity contribution in [2.75, 3.05) is 20.8 Å². The molecule has 0 aliphatic heterocycles. The van der Waals surface area contributed by atoms with E-state index in [-0.39, 0.29) is 18.6 Å². The lowest BCUT2D eigenvalue weighted by Crippen LogP contribution is -2.34. The summed E-state index contributed by atoms with van der Waals surface area (Å²) in [6.45, 7) is 0.0875. The van der Waals surface area contributed by atoms with E-state index in [0.717, 1.165) is 23.3 Å². The van der Waals surface area contributed by atoms with Crippen molar-refractivity contribution >= 4 is 0 Å². The SMILES string of the molecule is COc1ccc(Cc2ccccc2O[C@H]2C[C@@H](O)C[C@@H](CO)C2)cc1OC. The Labute approximate surface area is 160 Å². The lowest BCUT2D eigenvalue weighted by atomic mass is 9.86. The number of aliphatic hydroxyl groups is 2. The molecular formula is C22H28O5. The van der Waals surface area contributed by atoms with Crippen molar-refractivity contribution in [1.82, 2.24) is 0 Å². The summed E-state index contributed by atoms with van der Waals surface area (Å²) in [6, 6.07) is 13.9. The molecule has 0 aromatic heterocycles. The lowest BCUT2D eigenvalue weighted by Gasteiger charge is -2.32. The zero-order valence-corrected chi connectivity index (χ0v) is 15.9. The molecule has 0 radical (unpaired) electrons. The van der Waals surface area contributed by atoms with Gasteiger partial charge in [0.05, 0.1) is 20.3 Å². The van der Waals surface area contributed by atoms with Crippen LogP contribution in [0.15, 0.2) is 42.5 Å². The third-order valence-corrected chi connectivity index (χ3v) is 5.10. The van der Waals surface area contributed by atoms with Crippen molar-refractivity contribution in [1.29, 1.82) is 0 Å². The van der Waals surface area contributed by atoms with Gasteiger partial charge in [-0.25, -0.2) is 0 Å². The van der Waals surface area contributed by atoms with E-state index in [9.17, 15) is 10.2 Å². The molecule has 1 saturated carbocycles. The second kappa shape index (κ2) is 9.11. The van der Waals surface area contributed by atoms with Gasteiger partial charge in [0.2, 0.25) is 0 Å². The van der Waals surface area contributed by atoms with Crippen molar-refractivity contribution in [3.63, 3.8) is 0 Å². The number of hydrogen-bond acceptors (Lipinski definition) is 5. The van der Waals surface area contributed by atoms with Crippen LogP contribution in [0.5, 0.6) is 17.2 Å². The van der Waals surface area contributed by atoms with Crippen molar-refractivity contribution in [3.05, 3.63) is 53.6 Å². The van der Waals surface area contributed by atoms with Gasteiger partial charge in [0, 0.05) is 19.4 Å². The number of hydrogen-bond donors (Lipinski definition) is 2. The van der Waals surface area contributed by atoms with Crippen LogP contribution in [0.3, 0.4) is 0 Å². The predicted octanol–water partition coefficient (Wildman–Crippen LogP) is 3.20. The van der Waals surface area contributed by atoms with E-state index >= 15 is 0 Å². The molecule has 5 nitrogen and oxygen atoms in total. The Morgan fingerprint density at radius 3 is 2.44 bits per heavy atom. The first-order valence-corrected chi connectivity index (χ1v) is 9.37. The Morgan fingerprint density at radius 1 is 0.926 bits per heavy atom. The predicted molar refractivity (Wildman–Crippen MR) is 104 cm³/mol. The topological polar surface area (TPSA) is 68.2 Å². The van der Waals surface area contributed by atoms with Gasteiger partial charge in [0.1, 0.15) is 11.9 Å². The van der Waals surface area contributed by atoms with Gasteiger partial charge in [-0.2, -0.15) is 0 Å². The van der Waals surface area contributed by atoms with Gasteiger partial charge >= 0.3 is 0 Å². The molecule has 1 aliphatic rings. The Hall–Kier alpha value is -2.24. The van der Waals surface area contributed by atoms with Gasteiger partial charge in [-0.05, 0) is 48.1 Å². The molecule has 0 amide bonds. The lowest BCUT2D eigenvalue weighted by molar-refractivity contribution is 0.0103. The molecule has 0 saturated heterocycles. The minimum absolute atomic E-state index is 0.0857. The first-order valence-electron chi connectivity index (χ1n) is 9.37. The molecule has 0 unspecified atom stereocenters. The highest BCUT2D eigenvalue weighted by molar-refractivity contribution is 5.45. The van der Waals surface area contributed by atoms with Crippen LogP contribution in [0.2, 0.25) is 0 Å². The van der Waals surface area contributed by atoms with E-state index in [1.165, 1.54) is 0 Å². The summed E-state index contributed by atoms with van der Waals surface area (Å²) in [5, 5.41) is 19.5. The Morgan fingerprint density at radius 2 is 1.70 bits per heavy atom. The third kappa shape index (κ3) is 4.93. The maximum Gasteiger partial charge on any atom is 0.160 e. The molecule has 0 spiro atoms. The van der Waals surface area contributed by atoms with Gasteiger partial charge in [0.15, 0.2) is 11.5 Å². The zero-order valence-electron chi connectivity index (χ0n) is 15.9. The zero-order chi connectivity index (χ0) is 19.2. The van der Waals surface area contributed by atoms with Crippen molar-refractivity contribution in [2.24, 2.45) is 5.92 Å². The molecule has 3 rings (SSSR count). The normalized spacial score (nSPS) is 22.3. The third-order valence-electron chi connectivity index (χ3n) is 5.10. The van der Waals surface area contributed by atoms with Crippen LogP contribution in [0.1, 0.15) is 30.4 Å². The summed E-state index contributed by atoms with van der Waals surface area (Å²) in [6.07, 6.45) is 2.20. The number of para-hydroxylation sites is 1. The van der Waals surface area contributed by atoms with Crippen molar-refractivity contribution in [2.45, 2.75) is 37.9 Å². The van der Waals surface area contributed by atoms with Crippen LogP contribution >= 0.6 is 0 Å². The second-order valence-corrected chi connectivity index (χ2v) is 7.12. The molecule has 27 heavy (non-hydrogen) atoms. The van der Waals surface area contributed by atoms with Gasteiger partial charge < -0.3 is 24.4 Å². The van der Waals surface area contributed by atoms with Crippen molar-refractivity contribution < 1.29 is 24.4 Å². The molecule has 3 atom stereocenters. The van der Waals surface area contributed by atoms with Crippen molar-refractivity contribution in [3.8, 4) is 17.2 Å². The molecule has 2 aromatic rings. The summed E-state index contributed by atoms with van der Waals surface area (Å²) in [5.74, 6) is 2.33. The Kier molecular flexibility index (Phi) is 6.58. The summed E-state index contributed by atoms with van der Waals surface area (Å²) in [5.41, 5.74) is 2.17. The monoisotopic (exact) mass is 372 g/mol. The van der Waals surface area contributed by atoms with Crippen LogP contribution in [0.25, 0.3) is 0 Å². The average molecular weight is 372 g/mol. The highest BCUT2D eigenvalue weighted by atomic mass is 16.5. The fraction of sp³-hybridized carbons (Fsp3) is 0.455. The number of aliphatic hydroxyl groups excluding tert-OH is 2. The molecular weight excluding hydrogens is 344 g/mol. The van der Waals surface area contributed by atoms with E-state index in [1.54, 1.807) is 14.2 Å². The van der Waals surface area contributed by atoms with Gasteiger partial charge in [-0.1, -0.05) is 24.3 Å². The molecule has 2 aromatic carbocycles. The summed E-state index contributed by atoms with van der Waals surface area (Å²) >= 11 is 0. The molecule has 0 heterocycles. The first kappa shape index (κ1) is 19.5. The molecule has 2 N–H and O–H groups in total. The maximum absolute atomic E-state index is 10.1. The fourth-order valence-electron chi connectivity index (χ4n) is 3.75. The van der Waals surface area contributed by atoms with Crippen LogP contribution in [-0.2, 0) is 6.42 Å². The van der Waals surface area contributed by atoms with Crippen LogP contribution in [-0.4, -0.2) is 43.2 Å². The highest BCUT2D eigenvalue weighted by Crippen LogP contribution is 2.32. The van der Waals surface area contributed by atoms with Crippen LogP contribution in [0.4, 0.5) is 0 Å². The average Bonchev–Trinajstić information content (AvgIpc) is 2.68. The van der Waals surface area contributed by atoms with Gasteiger partial charge in [-0.15, -0.1) is 0 Å². The molecule has 146 valence electrons. The van der Waals surface area contributed by atoms with E-state index in [1.807, 2.05) is 36.4 Å².